The molecule has 2 heterocycles. The van der Waals surface area contributed by atoms with Gasteiger partial charge in [-0.1, -0.05) is 11.6 Å². The molecule has 1 amide bonds. The molecular weight excluding hydrogens is 398 g/mol. The zero-order chi connectivity index (χ0) is 20.1. The van der Waals surface area contributed by atoms with Crippen molar-refractivity contribution in [1.82, 2.24) is 4.98 Å². The van der Waals surface area contributed by atoms with E-state index in [1.807, 2.05) is 23.9 Å². The number of rotatable bonds is 5. The monoisotopic (exact) mass is 419 g/mol. The van der Waals surface area contributed by atoms with E-state index in [9.17, 15) is 9.59 Å². The van der Waals surface area contributed by atoms with Crippen LogP contribution in [-0.2, 0) is 4.74 Å². The van der Waals surface area contributed by atoms with E-state index in [0.717, 1.165) is 30.3 Å². The first-order valence-corrected chi connectivity index (χ1v) is 10.6. The van der Waals surface area contributed by atoms with Crippen molar-refractivity contribution >= 4 is 46.6 Å². The molecule has 0 aliphatic carbocycles. The molecule has 8 heteroatoms. The Labute approximate surface area is 173 Å². The fraction of sp³-hybridized carbons (Fsp3) is 0.350. The van der Waals surface area contributed by atoms with Crippen molar-refractivity contribution in [2.75, 3.05) is 41.4 Å². The van der Waals surface area contributed by atoms with Gasteiger partial charge in [0.05, 0.1) is 28.6 Å². The van der Waals surface area contributed by atoms with Crippen molar-refractivity contribution in [3.8, 4) is 0 Å². The summed E-state index contributed by atoms with van der Waals surface area (Å²) < 4.78 is 4.98. The predicted molar refractivity (Wildman–Crippen MR) is 114 cm³/mol. The van der Waals surface area contributed by atoms with Crippen LogP contribution in [0.1, 0.15) is 33.5 Å². The fourth-order valence-corrected chi connectivity index (χ4v) is 4.16. The van der Waals surface area contributed by atoms with E-state index in [2.05, 4.69) is 15.2 Å². The van der Waals surface area contributed by atoms with Gasteiger partial charge in [-0.05, 0) is 44.2 Å². The van der Waals surface area contributed by atoms with Crippen LogP contribution in [0.25, 0.3) is 0 Å². The summed E-state index contributed by atoms with van der Waals surface area (Å²) in [4.78, 5) is 30.9. The molecule has 0 bridgehead atoms. The van der Waals surface area contributed by atoms with Crippen LogP contribution >= 0.6 is 23.4 Å². The van der Waals surface area contributed by atoms with Gasteiger partial charge in [0, 0.05) is 30.3 Å². The highest BCUT2D eigenvalue weighted by Crippen LogP contribution is 2.30. The molecule has 0 radical (unpaired) electrons. The number of aromatic nitrogens is 1. The lowest BCUT2D eigenvalue weighted by atomic mass is 10.2. The van der Waals surface area contributed by atoms with Crippen molar-refractivity contribution in [3.63, 3.8) is 0 Å². The number of pyridine rings is 1. The van der Waals surface area contributed by atoms with Gasteiger partial charge in [0.15, 0.2) is 0 Å². The number of nitrogens with one attached hydrogen (secondary N) is 1. The highest BCUT2D eigenvalue weighted by Gasteiger charge is 2.17. The Morgan fingerprint density at radius 3 is 2.64 bits per heavy atom. The molecule has 1 aromatic heterocycles. The molecule has 0 atom stereocenters. The third-order valence-electron chi connectivity index (χ3n) is 4.37. The zero-order valence-electron chi connectivity index (χ0n) is 15.8. The normalized spacial score (nSPS) is 13.9. The summed E-state index contributed by atoms with van der Waals surface area (Å²) in [5, 5.41) is 3.41. The maximum atomic E-state index is 12.5. The summed E-state index contributed by atoms with van der Waals surface area (Å²) in [6.45, 7) is 5.63. The lowest BCUT2D eigenvalue weighted by Crippen LogP contribution is -2.32. The molecule has 1 aromatic carbocycles. The second-order valence-corrected chi connectivity index (χ2v) is 7.90. The number of esters is 1. The van der Waals surface area contributed by atoms with Gasteiger partial charge in [-0.25, -0.2) is 9.78 Å². The zero-order valence-corrected chi connectivity index (χ0v) is 17.4. The highest BCUT2D eigenvalue weighted by atomic mass is 35.5. The van der Waals surface area contributed by atoms with Gasteiger partial charge in [0.1, 0.15) is 5.69 Å². The molecule has 1 aliphatic heterocycles. The van der Waals surface area contributed by atoms with Crippen molar-refractivity contribution in [1.29, 1.82) is 0 Å². The summed E-state index contributed by atoms with van der Waals surface area (Å²) in [5.74, 6) is 1.36. The Morgan fingerprint density at radius 2 is 2.00 bits per heavy atom. The third-order valence-corrected chi connectivity index (χ3v) is 5.62. The number of hydrogen-bond donors (Lipinski definition) is 1. The molecule has 1 saturated heterocycles. The molecular formula is C20H22ClN3O3S. The number of carbonyl (C=O) groups excluding carboxylic acids is 2. The van der Waals surface area contributed by atoms with Crippen molar-refractivity contribution < 1.29 is 14.3 Å². The predicted octanol–water partition coefficient (Wildman–Crippen LogP) is 4.03. The standard InChI is InChI=1S/C20H22ClN3O3S/c1-3-27-20(26)15-5-6-17(22-13(15)2)19(25)23-14-4-7-18(16(21)12-14)24-8-10-28-11-9-24/h4-7,12H,3,8-11H2,1-2H3,(H,23,25). The molecule has 0 unspecified atom stereocenters. The van der Waals surface area contributed by atoms with E-state index < -0.39 is 5.97 Å². The van der Waals surface area contributed by atoms with Crippen LogP contribution in [0.5, 0.6) is 0 Å². The van der Waals surface area contributed by atoms with E-state index >= 15 is 0 Å². The molecule has 6 nitrogen and oxygen atoms in total. The van der Waals surface area contributed by atoms with Crippen LogP contribution in [0.4, 0.5) is 11.4 Å². The number of ether oxygens (including phenoxy) is 1. The van der Waals surface area contributed by atoms with E-state index in [4.69, 9.17) is 16.3 Å². The number of aryl methyl sites for hydroxylation is 1. The Kier molecular flexibility index (Phi) is 6.80. The minimum atomic E-state index is -0.446. The van der Waals surface area contributed by atoms with Gasteiger partial charge >= 0.3 is 5.97 Å². The second kappa shape index (κ2) is 9.30. The maximum Gasteiger partial charge on any atom is 0.339 e. The van der Waals surface area contributed by atoms with Gasteiger partial charge < -0.3 is 15.0 Å². The van der Waals surface area contributed by atoms with Crippen LogP contribution < -0.4 is 10.2 Å². The topological polar surface area (TPSA) is 71.5 Å². The smallest absolute Gasteiger partial charge is 0.339 e. The summed E-state index contributed by atoms with van der Waals surface area (Å²) in [5.41, 5.74) is 2.60. The summed E-state index contributed by atoms with van der Waals surface area (Å²) in [6, 6.07) is 8.57. The van der Waals surface area contributed by atoms with Crippen LogP contribution in [0.2, 0.25) is 5.02 Å². The Balaban J connectivity index is 1.71. The molecule has 1 fully saturated rings. The number of thioether (sulfide) groups is 1. The van der Waals surface area contributed by atoms with E-state index in [0.29, 0.717) is 22.0 Å². The molecule has 28 heavy (non-hydrogen) atoms. The lowest BCUT2D eigenvalue weighted by Gasteiger charge is -2.29. The number of carbonyl (C=O) groups is 2. The molecule has 0 spiro atoms. The largest absolute Gasteiger partial charge is 0.462 e. The highest BCUT2D eigenvalue weighted by molar-refractivity contribution is 7.99. The van der Waals surface area contributed by atoms with Crippen LogP contribution in [0.3, 0.4) is 0 Å². The van der Waals surface area contributed by atoms with E-state index in [-0.39, 0.29) is 18.2 Å². The lowest BCUT2D eigenvalue weighted by molar-refractivity contribution is 0.0524. The van der Waals surface area contributed by atoms with E-state index in [1.54, 1.807) is 26.0 Å². The second-order valence-electron chi connectivity index (χ2n) is 6.27. The van der Waals surface area contributed by atoms with Gasteiger partial charge in [0.25, 0.3) is 5.91 Å². The maximum absolute atomic E-state index is 12.5. The van der Waals surface area contributed by atoms with Crippen LogP contribution in [0.15, 0.2) is 30.3 Å². The molecule has 1 aliphatic rings. The molecule has 0 saturated carbocycles. The third kappa shape index (κ3) is 4.77. The van der Waals surface area contributed by atoms with E-state index in [1.165, 1.54) is 6.07 Å². The quantitative estimate of drug-likeness (QED) is 0.738. The minimum absolute atomic E-state index is 0.221. The van der Waals surface area contributed by atoms with Gasteiger partial charge in [-0.15, -0.1) is 0 Å². The Morgan fingerprint density at radius 1 is 1.25 bits per heavy atom. The Hall–Kier alpha value is -2.25. The number of halogens is 1. The van der Waals surface area contributed by atoms with Crippen molar-refractivity contribution in [3.05, 3.63) is 52.3 Å². The minimum Gasteiger partial charge on any atom is -0.462 e. The van der Waals surface area contributed by atoms with Crippen molar-refractivity contribution in [2.24, 2.45) is 0 Å². The molecule has 3 rings (SSSR count). The van der Waals surface area contributed by atoms with Crippen LogP contribution in [-0.4, -0.2) is 48.1 Å². The van der Waals surface area contributed by atoms with Gasteiger partial charge in [0.2, 0.25) is 0 Å². The number of hydrogen-bond acceptors (Lipinski definition) is 6. The summed E-state index contributed by atoms with van der Waals surface area (Å²) in [7, 11) is 0. The molecule has 1 N–H and O–H groups in total. The number of anilines is 2. The fourth-order valence-electron chi connectivity index (χ4n) is 2.95. The molecule has 148 valence electrons. The first kappa shape index (κ1) is 20.5. The van der Waals surface area contributed by atoms with Crippen LogP contribution in [0, 0.1) is 6.92 Å². The van der Waals surface area contributed by atoms with Gasteiger partial charge in [-0.2, -0.15) is 11.8 Å². The molecule has 2 aromatic rings. The van der Waals surface area contributed by atoms with Crippen molar-refractivity contribution in [2.45, 2.75) is 13.8 Å². The average molecular weight is 420 g/mol. The SMILES string of the molecule is CCOC(=O)c1ccc(C(=O)Nc2ccc(N3CCSCC3)c(Cl)c2)nc1C. The van der Waals surface area contributed by atoms with Gasteiger partial charge in [-0.3, -0.25) is 4.79 Å². The first-order valence-electron chi connectivity index (χ1n) is 9.08. The first-order chi connectivity index (χ1) is 13.5. The summed E-state index contributed by atoms with van der Waals surface area (Å²) in [6.07, 6.45) is 0. The Bertz CT molecular complexity index is 885. The number of benzene rings is 1. The number of nitrogens with zero attached hydrogens (tertiary/aromatic N) is 2. The number of amides is 1. The summed E-state index contributed by atoms with van der Waals surface area (Å²) >= 11 is 8.37. The average Bonchev–Trinajstić information content (AvgIpc) is 2.68.